The highest BCUT2D eigenvalue weighted by atomic mass is 32.1. The Morgan fingerprint density at radius 2 is 1.88 bits per heavy atom. The zero-order valence-electron chi connectivity index (χ0n) is 24.5. The van der Waals surface area contributed by atoms with Gasteiger partial charge in [0.15, 0.2) is 5.01 Å². The highest BCUT2D eigenvalue weighted by Gasteiger charge is 2.24. The van der Waals surface area contributed by atoms with E-state index >= 15 is 0 Å². The fourth-order valence-electron chi connectivity index (χ4n) is 4.01. The summed E-state index contributed by atoms with van der Waals surface area (Å²) in [5, 5.41) is 10.9. The second-order valence-electron chi connectivity index (χ2n) is 9.84. The second-order valence-corrected chi connectivity index (χ2v) is 10.9. The fourth-order valence-corrected chi connectivity index (χ4v) is 4.88. The van der Waals surface area contributed by atoms with Gasteiger partial charge in [0, 0.05) is 18.4 Å². The lowest BCUT2D eigenvalue weighted by Crippen LogP contribution is -2.44. The highest BCUT2D eigenvalue weighted by Crippen LogP contribution is 2.21. The van der Waals surface area contributed by atoms with Crippen LogP contribution in [0.4, 0.5) is 5.69 Å². The van der Waals surface area contributed by atoms with Crippen LogP contribution in [0, 0.1) is 0 Å². The molecule has 11 nitrogen and oxygen atoms in total. The summed E-state index contributed by atoms with van der Waals surface area (Å²) >= 11 is 1.20. The molecule has 1 aromatic carbocycles. The van der Waals surface area contributed by atoms with Crippen molar-refractivity contribution < 1.29 is 19.2 Å². The van der Waals surface area contributed by atoms with Gasteiger partial charge < -0.3 is 25.8 Å². The second kappa shape index (κ2) is 16.8. The SMILES string of the molecule is C=C(CC)NC(=O)Cn1cccc(NC(=O)C(CC/C=C/C(=O)NCCCCC)NC(=O)c2nc3ccccc3s2)c1=O. The summed E-state index contributed by atoms with van der Waals surface area (Å²) < 4.78 is 2.00. The Morgan fingerprint density at radius 3 is 2.63 bits per heavy atom. The number of pyridine rings is 1. The third kappa shape index (κ3) is 10.3. The van der Waals surface area contributed by atoms with Crippen molar-refractivity contribution in [2.45, 2.75) is 65.0 Å². The molecule has 43 heavy (non-hydrogen) atoms. The minimum absolute atomic E-state index is 0.0455. The van der Waals surface area contributed by atoms with E-state index < -0.39 is 29.3 Å². The van der Waals surface area contributed by atoms with E-state index in [1.165, 1.54) is 40.3 Å². The molecule has 0 spiro atoms. The number of nitrogens with one attached hydrogen (secondary N) is 4. The summed E-state index contributed by atoms with van der Waals surface area (Å²) in [6, 6.07) is 9.24. The molecule has 0 aliphatic heterocycles. The molecule has 1 atom stereocenters. The first-order chi connectivity index (χ1) is 20.7. The lowest BCUT2D eigenvalue weighted by atomic mass is 10.1. The van der Waals surface area contributed by atoms with E-state index in [4.69, 9.17) is 0 Å². The molecule has 228 valence electrons. The molecule has 4 N–H and O–H groups in total. The molecule has 2 aromatic heterocycles. The van der Waals surface area contributed by atoms with Gasteiger partial charge in [0.2, 0.25) is 17.7 Å². The minimum atomic E-state index is -1.04. The number of allylic oxidation sites excluding steroid dienone is 2. The van der Waals surface area contributed by atoms with Crippen LogP contribution in [0.3, 0.4) is 0 Å². The molecular formula is C31H38N6O5S. The number of unbranched alkanes of at least 4 members (excludes halogenated alkanes) is 2. The lowest BCUT2D eigenvalue weighted by molar-refractivity contribution is -0.121. The number of hydrogen-bond donors (Lipinski definition) is 4. The maximum absolute atomic E-state index is 13.4. The first-order valence-corrected chi connectivity index (χ1v) is 15.1. The van der Waals surface area contributed by atoms with Crippen LogP contribution < -0.4 is 26.8 Å². The van der Waals surface area contributed by atoms with E-state index in [0.717, 1.165) is 24.0 Å². The molecule has 0 radical (unpaired) electrons. The largest absolute Gasteiger partial charge is 0.353 e. The fraction of sp³-hybridized carbons (Fsp3) is 0.355. The van der Waals surface area contributed by atoms with Crippen LogP contribution in [0.2, 0.25) is 0 Å². The van der Waals surface area contributed by atoms with Gasteiger partial charge in [0.05, 0.1) is 10.2 Å². The van der Waals surface area contributed by atoms with Gasteiger partial charge in [0.25, 0.3) is 11.5 Å². The van der Waals surface area contributed by atoms with Crippen LogP contribution in [0.5, 0.6) is 0 Å². The van der Waals surface area contributed by atoms with E-state index in [2.05, 4.69) is 39.8 Å². The van der Waals surface area contributed by atoms with Gasteiger partial charge in [-0.1, -0.05) is 51.5 Å². The van der Waals surface area contributed by atoms with Gasteiger partial charge in [-0.2, -0.15) is 0 Å². The predicted octanol–water partition coefficient (Wildman–Crippen LogP) is 3.88. The molecule has 3 aromatic rings. The summed E-state index contributed by atoms with van der Waals surface area (Å²) in [6.07, 6.45) is 8.49. The smallest absolute Gasteiger partial charge is 0.280 e. The van der Waals surface area contributed by atoms with Crippen LogP contribution in [0.1, 0.15) is 62.2 Å². The number of aromatic nitrogens is 2. The number of carbonyl (C=O) groups excluding carboxylic acids is 4. The van der Waals surface area contributed by atoms with Crippen molar-refractivity contribution in [2.75, 3.05) is 11.9 Å². The normalized spacial score (nSPS) is 11.7. The Hall–Kier alpha value is -4.58. The number of anilines is 1. The van der Waals surface area contributed by atoms with Gasteiger partial charge in [-0.15, -0.1) is 11.3 Å². The van der Waals surface area contributed by atoms with Gasteiger partial charge in [-0.3, -0.25) is 24.0 Å². The third-order valence-electron chi connectivity index (χ3n) is 6.42. The monoisotopic (exact) mass is 606 g/mol. The number of fused-ring (bicyclic) bond motifs is 1. The molecule has 2 heterocycles. The van der Waals surface area contributed by atoms with Crippen molar-refractivity contribution in [2.24, 2.45) is 0 Å². The lowest BCUT2D eigenvalue weighted by Gasteiger charge is -2.17. The van der Waals surface area contributed by atoms with Crippen LogP contribution in [0.15, 0.2) is 71.8 Å². The number of hydrogen-bond acceptors (Lipinski definition) is 7. The summed E-state index contributed by atoms with van der Waals surface area (Å²) in [4.78, 5) is 68.2. The number of rotatable bonds is 16. The van der Waals surface area contributed by atoms with Gasteiger partial charge in [0.1, 0.15) is 18.3 Å². The molecule has 0 aliphatic carbocycles. The van der Waals surface area contributed by atoms with Gasteiger partial charge in [-0.25, -0.2) is 4.98 Å². The average Bonchev–Trinajstić information content (AvgIpc) is 3.43. The number of benzene rings is 1. The molecule has 4 amide bonds. The number of carbonyl (C=O) groups is 4. The molecule has 0 bridgehead atoms. The molecular weight excluding hydrogens is 568 g/mol. The molecule has 3 rings (SSSR count). The molecule has 0 saturated heterocycles. The van der Waals surface area contributed by atoms with Crippen molar-refractivity contribution >= 4 is 50.9 Å². The first kappa shape index (κ1) is 32.9. The Balaban J connectivity index is 1.72. The summed E-state index contributed by atoms with van der Waals surface area (Å²) in [6.45, 7) is 7.99. The Kier molecular flexibility index (Phi) is 12.8. The highest BCUT2D eigenvalue weighted by molar-refractivity contribution is 7.20. The predicted molar refractivity (Wildman–Crippen MR) is 169 cm³/mol. The Morgan fingerprint density at radius 1 is 1.09 bits per heavy atom. The summed E-state index contributed by atoms with van der Waals surface area (Å²) in [5.41, 5.74) is 0.569. The van der Waals surface area contributed by atoms with Crippen molar-refractivity contribution in [3.8, 4) is 0 Å². The molecule has 12 heteroatoms. The zero-order chi connectivity index (χ0) is 31.2. The quantitative estimate of drug-likeness (QED) is 0.144. The Bertz CT molecular complexity index is 1510. The van der Waals surface area contributed by atoms with Crippen LogP contribution in [0.25, 0.3) is 10.2 Å². The van der Waals surface area contributed by atoms with Gasteiger partial charge in [-0.05, 0) is 56.0 Å². The van der Waals surface area contributed by atoms with E-state index in [0.29, 0.717) is 30.6 Å². The molecule has 0 aliphatic rings. The topological polar surface area (TPSA) is 151 Å². The van der Waals surface area contributed by atoms with Crippen LogP contribution in [-0.2, 0) is 20.9 Å². The summed E-state index contributed by atoms with van der Waals surface area (Å²) in [5.74, 6) is -1.80. The molecule has 1 unspecified atom stereocenters. The van der Waals surface area contributed by atoms with Gasteiger partial charge >= 0.3 is 0 Å². The minimum Gasteiger partial charge on any atom is -0.353 e. The maximum Gasteiger partial charge on any atom is 0.280 e. The maximum atomic E-state index is 13.4. The summed E-state index contributed by atoms with van der Waals surface area (Å²) in [7, 11) is 0. The standard InChI is InChI=1S/C31H38N6O5S/c1-4-6-11-18-32-26(38)17-10-8-14-23(34-29(41)30-36-22-13-7-9-16-25(22)43-30)28(40)35-24-15-12-19-37(31(24)42)20-27(39)33-21(3)5-2/h7,9-10,12-13,15-17,19,23H,3-6,8,11,14,18,20H2,1-2H3,(H,32,38)(H,33,39)(H,34,41)(H,35,40)/b17-10+. The Labute approximate surface area is 254 Å². The third-order valence-corrected chi connectivity index (χ3v) is 7.45. The van der Waals surface area contributed by atoms with E-state index in [1.807, 2.05) is 25.1 Å². The number of amides is 4. The van der Waals surface area contributed by atoms with Crippen molar-refractivity contribution in [3.63, 3.8) is 0 Å². The first-order valence-electron chi connectivity index (χ1n) is 14.3. The van der Waals surface area contributed by atoms with E-state index in [-0.39, 0.29) is 29.6 Å². The van der Waals surface area contributed by atoms with Crippen molar-refractivity contribution in [3.05, 3.63) is 82.4 Å². The van der Waals surface area contributed by atoms with E-state index in [1.54, 1.807) is 12.1 Å². The molecule has 0 fully saturated rings. The zero-order valence-corrected chi connectivity index (χ0v) is 25.3. The van der Waals surface area contributed by atoms with Crippen molar-refractivity contribution in [1.82, 2.24) is 25.5 Å². The number of para-hydroxylation sites is 1. The number of thiazole rings is 1. The van der Waals surface area contributed by atoms with Crippen LogP contribution >= 0.6 is 11.3 Å². The average molecular weight is 607 g/mol. The molecule has 0 saturated carbocycles. The van der Waals surface area contributed by atoms with E-state index in [9.17, 15) is 24.0 Å². The number of nitrogens with zero attached hydrogens (tertiary/aromatic N) is 2. The van der Waals surface area contributed by atoms with Crippen LogP contribution in [-0.4, -0.2) is 45.8 Å². The van der Waals surface area contributed by atoms with Crippen molar-refractivity contribution in [1.29, 1.82) is 0 Å².